The van der Waals surface area contributed by atoms with Gasteiger partial charge in [-0.1, -0.05) is 19.3 Å². The summed E-state index contributed by atoms with van der Waals surface area (Å²) in [5, 5.41) is 6.56. The van der Waals surface area contributed by atoms with E-state index >= 15 is 0 Å². The highest BCUT2D eigenvalue weighted by Gasteiger charge is 2.42. The molecule has 1 amide bonds. The number of nitrogens with one attached hydrogen (secondary N) is 2. The molecule has 150 valence electrons. The van der Waals surface area contributed by atoms with Crippen LogP contribution in [0.2, 0.25) is 0 Å². The standard InChI is InChI=1S/C19H34N4O2.HI/c1-2-20-18(23-12-9-19(14-23)10-13-25-15-19)21-11-8-17(24)22-16-6-4-3-5-7-16;/h16H,2-15H2,1H3,(H,20,21)(H,22,24);1H. The lowest BCUT2D eigenvalue weighted by Gasteiger charge is -2.25. The summed E-state index contributed by atoms with van der Waals surface area (Å²) in [5.74, 6) is 1.10. The fraction of sp³-hybridized carbons (Fsp3) is 0.895. The highest BCUT2D eigenvalue weighted by atomic mass is 127. The van der Waals surface area contributed by atoms with Gasteiger partial charge < -0.3 is 20.3 Å². The SMILES string of the molecule is CCNC(=NCCC(=O)NC1CCCCC1)N1CCC2(CCOC2)C1.I. The van der Waals surface area contributed by atoms with Crippen LogP contribution < -0.4 is 10.6 Å². The fourth-order valence-electron chi connectivity index (χ4n) is 4.32. The zero-order chi connectivity index (χ0) is 17.5. The highest BCUT2D eigenvalue weighted by molar-refractivity contribution is 14.0. The van der Waals surface area contributed by atoms with E-state index in [0.717, 1.165) is 58.1 Å². The van der Waals surface area contributed by atoms with Crippen molar-refractivity contribution in [3.8, 4) is 0 Å². The quantitative estimate of drug-likeness (QED) is 0.362. The van der Waals surface area contributed by atoms with Gasteiger partial charge in [0.1, 0.15) is 0 Å². The summed E-state index contributed by atoms with van der Waals surface area (Å²) in [6.45, 7) is 7.33. The van der Waals surface area contributed by atoms with Crippen molar-refractivity contribution in [3.63, 3.8) is 0 Å². The molecular weight excluding hydrogens is 443 g/mol. The molecule has 6 nitrogen and oxygen atoms in total. The number of guanidine groups is 1. The number of rotatable bonds is 5. The third kappa shape index (κ3) is 5.97. The lowest BCUT2D eigenvalue weighted by Crippen LogP contribution is -2.42. The molecule has 0 bridgehead atoms. The van der Waals surface area contributed by atoms with Crippen LogP contribution in [0.4, 0.5) is 0 Å². The minimum atomic E-state index is 0. The number of carbonyl (C=O) groups excluding carboxylic acids is 1. The van der Waals surface area contributed by atoms with Crippen molar-refractivity contribution in [2.45, 2.75) is 64.3 Å². The molecule has 3 fully saturated rings. The van der Waals surface area contributed by atoms with E-state index in [4.69, 9.17) is 9.73 Å². The van der Waals surface area contributed by atoms with Gasteiger partial charge in [-0.15, -0.1) is 24.0 Å². The maximum atomic E-state index is 12.1. The molecule has 1 spiro atoms. The molecule has 1 atom stereocenters. The van der Waals surface area contributed by atoms with Crippen LogP contribution >= 0.6 is 24.0 Å². The van der Waals surface area contributed by atoms with Crippen LogP contribution in [0.15, 0.2) is 4.99 Å². The van der Waals surface area contributed by atoms with Gasteiger partial charge in [-0.2, -0.15) is 0 Å². The first kappa shape index (κ1) is 21.7. The van der Waals surface area contributed by atoms with E-state index in [0.29, 0.717) is 24.4 Å². The van der Waals surface area contributed by atoms with E-state index in [1.54, 1.807) is 0 Å². The summed E-state index contributed by atoms with van der Waals surface area (Å²) in [5.41, 5.74) is 0.328. The normalized spacial score (nSPS) is 26.8. The largest absolute Gasteiger partial charge is 0.381 e. The van der Waals surface area contributed by atoms with Gasteiger partial charge in [-0.3, -0.25) is 9.79 Å². The van der Waals surface area contributed by atoms with Crippen molar-refractivity contribution in [2.24, 2.45) is 10.4 Å². The first-order valence-corrected chi connectivity index (χ1v) is 10.1. The van der Waals surface area contributed by atoms with Crippen LogP contribution in [0.1, 0.15) is 58.3 Å². The van der Waals surface area contributed by atoms with Crippen molar-refractivity contribution < 1.29 is 9.53 Å². The van der Waals surface area contributed by atoms with Gasteiger partial charge in [-0.25, -0.2) is 0 Å². The minimum Gasteiger partial charge on any atom is -0.381 e. The molecule has 0 aromatic rings. The minimum absolute atomic E-state index is 0. The lowest BCUT2D eigenvalue weighted by molar-refractivity contribution is -0.121. The first-order valence-electron chi connectivity index (χ1n) is 10.1. The van der Waals surface area contributed by atoms with Gasteiger partial charge in [0.25, 0.3) is 0 Å². The second-order valence-electron chi connectivity index (χ2n) is 7.86. The Balaban J connectivity index is 0.00000243. The number of amides is 1. The lowest BCUT2D eigenvalue weighted by atomic mass is 9.87. The Kier molecular flexibility index (Phi) is 8.93. The Labute approximate surface area is 174 Å². The second kappa shape index (κ2) is 10.7. The zero-order valence-electron chi connectivity index (χ0n) is 16.1. The van der Waals surface area contributed by atoms with Crippen LogP contribution in [0.5, 0.6) is 0 Å². The van der Waals surface area contributed by atoms with Gasteiger partial charge in [0, 0.05) is 44.1 Å². The molecule has 7 heteroatoms. The van der Waals surface area contributed by atoms with E-state index in [-0.39, 0.29) is 29.9 Å². The molecule has 3 rings (SSSR count). The summed E-state index contributed by atoms with van der Waals surface area (Å²) in [7, 11) is 0. The molecule has 2 aliphatic heterocycles. The van der Waals surface area contributed by atoms with E-state index in [2.05, 4.69) is 22.5 Å². The van der Waals surface area contributed by atoms with E-state index in [1.165, 1.54) is 25.7 Å². The van der Waals surface area contributed by atoms with Crippen LogP contribution in [0.3, 0.4) is 0 Å². The maximum absolute atomic E-state index is 12.1. The number of aliphatic imine (C=N–C) groups is 1. The van der Waals surface area contributed by atoms with Gasteiger partial charge in [-0.05, 0) is 32.6 Å². The average Bonchev–Trinajstić information content (AvgIpc) is 3.25. The molecule has 1 unspecified atom stereocenters. The molecule has 26 heavy (non-hydrogen) atoms. The Morgan fingerprint density at radius 3 is 2.77 bits per heavy atom. The summed E-state index contributed by atoms with van der Waals surface area (Å²) in [4.78, 5) is 19.2. The van der Waals surface area contributed by atoms with Crippen molar-refractivity contribution in [1.29, 1.82) is 0 Å². The van der Waals surface area contributed by atoms with Gasteiger partial charge in [0.15, 0.2) is 5.96 Å². The number of hydrogen-bond donors (Lipinski definition) is 2. The molecule has 1 saturated carbocycles. The Morgan fingerprint density at radius 2 is 2.08 bits per heavy atom. The van der Waals surface area contributed by atoms with Gasteiger partial charge >= 0.3 is 0 Å². The van der Waals surface area contributed by atoms with E-state index < -0.39 is 0 Å². The van der Waals surface area contributed by atoms with Gasteiger partial charge in [0.05, 0.1) is 13.2 Å². The molecule has 3 aliphatic rings. The molecule has 0 aromatic carbocycles. The Bertz CT molecular complexity index is 474. The fourth-order valence-corrected chi connectivity index (χ4v) is 4.32. The average molecular weight is 478 g/mol. The topological polar surface area (TPSA) is 66.0 Å². The predicted molar refractivity (Wildman–Crippen MR) is 115 cm³/mol. The molecule has 2 N–H and O–H groups in total. The van der Waals surface area contributed by atoms with Crippen LogP contribution in [0.25, 0.3) is 0 Å². The zero-order valence-corrected chi connectivity index (χ0v) is 18.4. The number of hydrogen-bond acceptors (Lipinski definition) is 3. The molecule has 2 heterocycles. The number of likely N-dealkylation sites (tertiary alicyclic amines) is 1. The van der Waals surface area contributed by atoms with Crippen molar-refractivity contribution in [3.05, 3.63) is 0 Å². The van der Waals surface area contributed by atoms with Gasteiger partial charge in [0.2, 0.25) is 5.91 Å². The Hall–Kier alpha value is -0.570. The summed E-state index contributed by atoms with van der Waals surface area (Å²) in [6.07, 6.45) is 8.89. The van der Waals surface area contributed by atoms with Crippen LogP contribution in [-0.4, -0.2) is 62.2 Å². The summed E-state index contributed by atoms with van der Waals surface area (Å²) >= 11 is 0. The summed E-state index contributed by atoms with van der Waals surface area (Å²) in [6, 6.07) is 0.388. The van der Waals surface area contributed by atoms with Crippen LogP contribution in [0, 0.1) is 5.41 Å². The second-order valence-corrected chi connectivity index (χ2v) is 7.86. The molecule has 0 radical (unpaired) electrons. The van der Waals surface area contributed by atoms with Crippen molar-refractivity contribution in [1.82, 2.24) is 15.5 Å². The monoisotopic (exact) mass is 478 g/mol. The number of carbonyl (C=O) groups is 1. The number of ether oxygens (including phenoxy) is 1. The maximum Gasteiger partial charge on any atom is 0.222 e. The van der Waals surface area contributed by atoms with E-state index in [1.807, 2.05) is 0 Å². The Morgan fingerprint density at radius 1 is 1.27 bits per heavy atom. The van der Waals surface area contributed by atoms with Crippen molar-refractivity contribution >= 4 is 35.8 Å². The highest BCUT2D eigenvalue weighted by Crippen LogP contribution is 2.38. The van der Waals surface area contributed by atoms with Crippen LogP contribution in [-0.2, 0) is 9.53 Å². The molecule has 0 aromatic heterocycles. The number of nitrogens with zero attached hydrogens (tertiary/aromatic N) is 2. The predicted octanol–water partition coefficient (Wildman–Crippen LogP) is 2.52. The molecular formula is C19H35IN4O2. The third-order valence-electron chi connectivity index (χ3n) is 5.83. The smallest absolute Gasteiger partial charge is 0.222 e. The summed E-state index contributed by atoms with van der Waals surface area (Å²) < 4.78 is 5.62. The third-order valence-corrected chi connectivity index (χ3v) is 5.83. The molecule has 2 saturated heterocycles. The number of halogens is 1. The van der Waals surface area contributed by atoms with Crippen molar-refractivity contribution in [2.75, 3.05) is 39.4 Å². The molecule has 1 aliphatic carbocycles. The first-order chi connectivity index (χ1) is 12.2. The van der Waals surface area contributed by atoms with E-state index in [9.17, 15) is 4.79 Å².